The Morgan fingerprint density at radius 1 is 1.36 bits per heavy atom. The van der Waals surface area contributed by atoms with E-state index in [1.165, 1.54) is 18.5 Å². The van der Waals surface area contributed by atoms with Gasteiger partial charge in [0.25, 0.3) is 0 Å². The lowest BCUT2D eigenvalue weighted by Gasteiger charge is -2.20. The zero-order chi connectivity index (χ0) is 16.3. The largest absolute Gasteiger partial charge is 0.306 e. The number of nitrogens with zero attached hydrogens (tertiary/aromatic N) is 3. The van der Waals surface area contributed by atoms with E-state index in [9.17, 15) is 12.8 Å². The fourth-order valence-corrected chi connectivity index (χ4v) is 3.00. The highest BCUT2D eigenvalue weighted by Crippen LogP contribution is 2.20. The summed E-state index contributed by atoms with van der Waals surface area (Å²) in [6, 6.07) is 4.16. The molecule has 0 bridgehead atoms. The predicted octanol–water partition coefficient (Wildman–Crippen LogP) is 1.56. The lowest BCUT2D eigenvalue weighted by atomic mass is 10.1. The number of hydrogen-bond acceptors (Lipinski definition) is 5. The predicted molar refractivity (Wildman–Crippen MR) is 80.5 cm³/mol. The highest BCUT2D eigenvalue weighted by Gasteiger charge is 2.16. The van der Waals surface area contributed by atoms with Crippen LogP contribution in [0.2, 0.25) is 0 Å². The number of rotatable bonds is 6. The minimum Gasteiger partial charge on any atom is -0.306 e. The zero-order valence-electron chi connectivity index (χ0n) is 12.7. The molecular weight excluding hydrogens is 307 g/mol. The van der Waals surface area contributed by atoms with Crippen LogP contribution in [0, 0.1) is 5.82 Å². The lowest BCUT2D eigenvalue weighted by molar-refractivity contribution is 0.411. The molecule has 0 unspecified atom stereocenters. The van der Waals surface area contributed by atoms with Gasteiger partial charge in [-0.2, -0.15) is 5.10 Å². The number of hydrogen-bond donors (Lipinski definition) is 1. The summed E-state index contributed by atoms with van der Waals surface area (Å²) in [5, 5.41) is 7.34. The standard InChI is InChI=1S/C14H19FN4O2S/c1-10(7-19-9-16-8-17-19)18-11(2)12-4-5-14(13(15)6-12)22(3,20)21/h4-6,8-11,18H,7H2,1-3H3/t10-,11+/m0/s1. The number of nitrogens with one attached hydrogen (secondary N) is 1. The summed E-state index contributed by atoms with van der Waals surface area (Å²) in [5.41, 5.74) is 0.690. The Kier molecular flexibility index (Phi) is 4.92. The minimum absolute atomic E-state index is 0.0920. The second kappa shape index (κ2) is 6.53. The third-order valence-electron chi connectivity index (χ3n) is 3.32. The SMILES string of the molecule is C[C@@H](Cn1cncn1)N[C@H](C)c1ccc(S(C)(=O)=O)c(F)c1. The van der Waals surface area contributed by atoms with Crippen molar-refractivity contribution < 1.29 is 12.8 Å². The first-order valence-electron chi connectivity index (χ1n) is 6.85. The van der Waals surface area contributed by atoms with Crippen LogP contribution >= 0.6 is 0 Å². The Morgan fingerprint density at radius 3 is 2.64 bits per heavy atom. The second-order valence-electron chi connectivity index (χ2n) is 5.37. The molecule has 6 nitrogen and oxygen atoms in total. The van der Waals surface area contributed by atoms with Crippen molar-refractivity contribution >= 4 is 9.84 Å². The summed E-state index contributed by atoms with van der Waals surface area (Å²) >= 11 is 0. The van der Waals surface area contributed by atoms with Gasteiger partial charge in [0.1, 0.15) is 23.4 Å². The Hall–Kier alpha value is -1.80. The molecule has 2 atom stereocenters. The molecule has 1 N–H and O–H groups in total. The number of aromatic nitrogens is 3. The lowest BCUT2D eigenvalue weighted by Crippen LogP contribution is -2.32. The van der Waals surface area contributed by atoms with E-state index in [4.69, 9.17) is 0 Å². The van der Waals surface area contributed by atoms with Crippen LogP contribution < -0.4 is 5.32 Å². The van der Waals surface area contributed by atoms with Crippen molar-refractivity contribution in [1.82, 2.24) is 20.1 Å². The monoisotopic (exact) mass is 326 g/mol. The van der Waals surface area contributed by atoms with Crippen LogP contribution in [0.15, 0.2) is 35.7 Å². The Balaban J connectivity index is 2.06. The normalized spacial score (nSPS) is 14.7. The van der Waals surface area contributed by atoms with Gasteiger partial charge in [-0.05, 0) is 31.5 Å². The first-order chi connectivity index (χ1) is 10.3. The third kappa shape index (κ3) is 4.11. The topological polar surface area (TPSA) is 76.9 Å². The smallest absolute Gasteiger partial charge is 0.178 e. The third-order valence-corrected chi connectivity index (χ3v) is 4.45. The van der Waals surface area contributed by atoms with Gasteiger partial charge in [0.2, 0.25) is 0 Å². The van der Waals surface area contributed by atoms with E-state index in [1.807, 2.05) is 13.8 Å². The summed E-state index contributed by atoms with van der Waals surface area (Å²) in [6.45, 7) is 4.51. The van der Waals surface area contributed by atoms with E-state index in [1.54, 1.807) is 17.1 Å². The summed E-state index contributed by atoms with van der Waals surface area (Å²) in [4.78, 5) is 3.60. The number of halogens is 1. The van der Waals surface area contributed by atoms with Crippen molar-refractivity contribution in [2.24, 2.45) is 0 Å². The Morgan fingerprint density at radius 2 is 2.09 bits per heavy atom. The van der Waals surface area contributed by atoms with Crippen LogP contribution in [0.1, 0.15) is 25.5 Å². The Labute approximate surface area is 129 Å². The van der Waals surface area contributed by atoms with Crippen molar-refractivity contribution in [3.05, 3.63) is 42.2 Å². The van der Waals surface area contributed by atoms with Crippen molar-refractivity contribution in [3.63, 3.8) is 0 Å². The van der Waals surface area contributed by atoms with E-state index >= 15 is 0 Å². The molecule has 0 amide bonds. The molecule has 0 saturated carbocycles. The second-order valence-corrected chi connectivity index (χ2v) is 7.35. The molecule has 120 valence electrons. The molecule has 0 saturated heterocycles. The molecule has 1 heterocycles. The quantitative estimate of drug-likeness (QED) is 0.872. The maximum absolute atomic E-state index is 13.9. The van der Waals surface area contributed by atoms with E-state index in [2.05, 4.69) is 15.4 Å². The highest BCUT2D eigenvalue weighted by molar-refractivity contribution is 7.90. The molecule has 0 aliphatic heterocycles. The van der Waals surface area contributed by atoms with Gasteiger partial charge in [-0.25, -0.2) is 17.8 Å². The Bertz CT molecular complexity index is 731. The molecule has 8 heteroatoms. The maximum Gasteiger partial charge on any atom is 0.178 e. The van der Waals surface area contributed by atoms with Crippen molar-refractivity contribution in [3.8, 4) is 0 Å². The van der Waals surface area contributed by atoms with E-state index in [0.717, 1.165) is 6.26 Å². The van der Waals surface area contributed by atoms with E-state index in [-0.39, 0.29) is 17.0 Å². The van der Waals surface area contributed by atoms with E-state index < -0.39 is 15.7 Å². The van der Waals surface area contributed by atoms with Gasteiger partial charge in [-0.1, -0.05) is 6.07 Å². The van der Waals surface area contributed by atoms with Gasteiger partial charge < -0.3 is 5.32 Å². The van der Waals surface area contributed by atoms with Crippen LogP contribution in [0.4, 0.5) is 4.39 Å². The van der Waals surface area contributed by atoms with E-state index in [0.29, 0.717) is 12.1 Å². The van der Waals surface area contributed by atoms with Gasteiger partial charge in [0.05, 0.1) is 6.54 Å². The van der Waals surface area contributed by atoms with Crippen molar-refractivity contribution in [1.29, 1.82) is 0 Å². The number of sulfone groups is 1. The van der Waals surface area contributed by atoms with Crippen molar-refractivity contribution in [2.45, 2.75) is 37.4 Å². The van der Waals surface area contributed by atoms with Crippen molar-refractivity contribution in [2.75, 3.05) is 6.26 Å². The van der Waals surface area contributed by atoms with Crippen LogP contribution in [-0.2, 0) is 16.4 Å². The fraction of sp³-hybridized carbons (Fsp3) is 0.429. The van der Waals surface area contributed by atoms with Gasteiger partial charge in [0, 0.05) is 18.3 Å². The van der Waals surface area contributed by atoms with Crippen LogP contribution in [0.25, 0.3) is 0 Å². The van der Waals surface area contributed by atoms with Gasteiger partial charge in [-0.3, -0.25) is 4.68 Å². The average Bonchev–Trinajstić information content (AvgIpc) is 2.89. The van der Waals surface area contributed by atoms with Crippen LogP contribution in [-0.4, -0.2) is 35.5 Å². The molecule has 2 aromatic rings. The first-order valence-corrected chi connectivity index (χ1v) is 8.74. The maximum atomic E-state index is 13.9. The fourth-order valence-electron chi connectivity index (χ4n) is 2.27. The zero-order valence-corrected chi connectivity index (χ0v) is 13.5. The highest BCUT2D eigenvalue weighted by atomic mass is 32.2. The molecule has 0 fully saturated rings. The van der Waals surface area contributed by atoms with Gasteiger partial charge in [0.15, 0.2) is 9.84 Å². The molecule has 0 radical (unpaired) electrons. The molecule has 0 aliphatic rings. The molecule has 1 aromatic carbocycles. The number of benzene rings is 1. The summed E-state index contributed by atoms with van der Waals surface area (Å²) in [7, 11) is -3.55. The summed E-state index contributed by atoms with van der Waals surface area (Å²) in [5.74, 6) is -0.724. The van der Waals surface area contributed by atoms with Crippen LogP contribution in [0.3, 0.4) is 0 Å². The summed E-state index contributed by atoms with van der Waals surface area (Å²) in [6.07, 6.45) is 4.09. The van der Waals surface area contributed by atoms with Crippen LogP contribution in [0.5, 0.6) is 0 Å². The average molecular weight is 326 g/mol. The molecular formula is C14H19FN4O2S. The van der Waals surface area contributed by atoms with Gasteiger partial charge >= 0.3 is 0 Å². The molecule has 0 aliphatic carbocycles. The molecule has 2 rings (SSSR count). The molecule has 0 spiro atoms. The first kappa shape index (κ1) is 16.6. The minimum atomic E-state index is -3.55. The molecule has 22 heavy (non-hydrogen) atoms. The molecule has 1 aromatic heterocycles. The van der Waals surface area contributed by atoms with Gasteiger partial charge in [-0.15, -0.1) is 0 Å². The summed E-state index contributed by atoms with van der Waals surface area (Å²) < 4.78 is 38.5.